The van der Waals surface area contributed by atoms with E-state index in [0.717, 1.165) is 59.4 Å². The molecule has 3 aromatic rings. The largest absolute Gasteiger partial charge is 0.489 e. The number of urea groups is 1. The van der Waals surface area contributed by atoms with Gasteiger partial charge in [-0.25, -0.2) is 4.79 Å². The number of ether oxygens (including phenoxy) is 1. The number of carbonyl (C=O) groups is 3. The number of hydrogen-bond acceptors (Lipinski definition) is 4. The number of amides is 4. The standard InChI is InChI=1S/C33H37N3O4/c1-3-25-14-11-15-26(4-2)30(25)34-29(37)22-35-31(38)33(20-9-6-10-21-33)36(32(35)39)27-16-18-28(19-17-27)40-23-24-12-7-5-8-13-24/h5,7-8,11-19H,3-4,6,9-10,20-23H2,1-2H3,(H,34,37). The average molecular weight is 540 g/mol. The summed E-state index contributed by atoms with van der Waals surface area (Å²) in [7, 11) is 0. The Morgan fingerprint density at radius 1 is 0.850 bits per heavy atom. The Labute approximate surface area is 236 Å². The summed E-state index contributed by atoms with van der Waals surface area (Å²) in [6.07, 6.45) is 5.45. The molecule has 7 nitrogen and oxygen atoms in total. The van der Waals surface area contributed by atoms with Crippen LogP contribution in [0.3, 0.4) is 0 Å². The fourth-order valence-electron chi connectivity index (χ4n) is 5.97. The van der Waals surface area contributed by atoms with Gasteiger partial charge in [0.1, 0.15) is 24.4 Å². The molecule has 0 unspecified atom stereocenters. The number of rotatable bonds is 9. The second-order valence-corrected chi connectivity index (χ2v) is 10.6. The maximum atomic E-state index is 13.9. The molecule has 208 valence electrons. The molecule has 4 amide bonds. The predicted octanol–water partition coefficient (Wildman–Crippen LogP) is 6.50. The second kappa shape index (κ2) is 11.9. The topological polar surface area (TPSA) is 79.0 Å². The lowest BCUT2D eigenvalue weighted by Gasteiger charge is -2.38. The van der Waals surface area contributed by atoms with Gasteiger partial charge in [-0.3, -0.25) is 19.4 Å². The number of benzene rings is 3. The van der Waals surface area contributed by atoms with Crippen molar-refractivity contribution in [3.63, 3.8) is 0 Å². The minimum Gasteiger partial charge on any atom is -0.489 e. The number of imide groups is 1. The fourth-order valence-corrected chi connectivity index (χ4v) is 5.97. The molecule has 1 heterocycles. The van der Waals surface area contributed by atoms with Crippen LogP contribution in [0.25, 0.3) is 0 Å². The maximum absolute atomic E-state index is 13.9. The molecule has 0 atom stereocenters. The van der Waals surface area contributed by atoms with E-state index < -0.39 is 11.6 Å². The van der Waals surface area contributed by atoms with Crippen LogP contribution >= 0.6 is 0 Å². The van der Waals surface area contributed by atoms with Gasteiger partial charge in [-0.05, 0) is 66.6 Å². The molecule has 2 fully saturated rings. The van der Waals surface area contributed by atoms with Gasteiger partial charge in [0.25, 0.3) is 5.91 Å². The summed E-state index contributed by atoms with van der Waals surface area (Å²) in [5, 5.41) is 3.01. The molecule has 7 heteroatoms. The molecule has 1 saturated heterocycles. The van der Waals surface area contributed by atoms with Crippen LogP contribution in [-0.4, -0.2) is 34.8 Å². The zero-order valence-electron chi connectivity index (χ0n) is 23.3. The lowest BCUT2D eigenvalue weighted by Crippen LogP contribution is -2.51. The van der Waals surface area contributed by atoms with Crippen molar-refractivity contribution in [1.82, 2.24) is 4.90 Å². The van der Waals surface area contributed by atoms with Crippen LogP contribution in [-0.2, 0) is 29.0 Å². The van der Waals surface area contributed by atoms with Crippen LogP contribution in [0.15, 0.2) is 72.8 Å². The molecule has 1 N–H and O–H groups in total. The minimum atomic E-state index is -0.960. The third kappa shape index (κ3) is 5.33. The van der Waals surface area contributed by atoms with Crippen molar-refractivity contribution >= 4 is 29.2 Å². The van der Waals surface area contributed by atoms with Crippen molar-refractivity contribution in [3.05, 3.63) is 89.5 Å². The smallest absolute Gasteiger partial charge is 0.332 e. The zero-order valence-corrected chi connectivity index (χ0v) is 23.3. The first kappa shape index (κ1) is 27.4. The van der Waals surface area contributed by atoms with E-state index in [0.29, 0.717) is 30.9 Å². The lowest BCUT2D eigenvalue weighted by molar-refractivity contribution is -0.134. The maximum Gasteiger partial charge on any atom is 0.332 e. The molecule has 1 aliphatic heterocycles. The van der Waals surface area contributed by atoms with Crippen molar-refractivity contribution in [1.29, 1.82) is 0 Å². The summed E-state index contributed by atoms with van der Waals surface area (Å²) in [6.45, 7) is 4.21. The van der Waals surface area contributed by atoms with Crippen LogP contribution in [0.5, 0.6) is 5.75 Å². The normalized spacial score (nSPS) is 16.4. The van der Waals surface area contributed by atoms with E-state index in [2.05, 4.69) is 5.32 Å². The Hall–Kier alpha value is -4.13. The average Bonchev–Trinajstić information content (AvgIpc) is 3.18. The van der Waals surface area contributed by atoms with E-state index >= 15 is 0 Å². The number of carbonyl (C=O) groups excluding carboxylic acids is 3. The van der Waals surface area contributed by atoms with Crippen molar-refractivity contribution in [3.8, 4) is 5.75 Å². The van der Waals surface area contributed by atoms with Gasteiger partial charge in [-0.1, -0.05) is 81.6 Å². The second-order valence-electron chi connectivity index (χ2n) is 10.6. The summed E-state index contributed by atoms with van der Waals surface area (Å²) in [4.78, 5) is 43.8. The highest BCUT2D eigenvalue weighted by molar-refractivity contribution is 6.18. The van der Waals surface area contributed by atoms with Gasteiger partial charge in [-0.2, -0.15) is 0 Å². The van der Waals surface area contributed by atoms with Crippen LogP contribution in [0, 0.1) is 0 Å². The van der Waals surface area contributed by atoms with E-state index in [9.17, 15) is 14.4 Å². The molecule has 3 aromatic carbocycles. The Morgan fingerprint density at radius 3 is 2.12 bits per heavy atom. The number of para-hydroxylation sites is 1. The summed E-state index contributed by atoms with van der Waals surface area (Å²) in [5.74, 6) is 0.0341. The van der Waals surface area contributed by atoms with Crippen molar-refractivity contribution in [2.75, 3.05) is 16.8 Å². The summed E-state index contributed by atoms with van der Waals surface area (Å²) in [6, 6.07) is 22.8. The Bertz CT molecular complexity index is 1340. The van der Waals surface area contributed by atoms with E-state index in [1.165, 1.54) is 0 Å². The highest BCUT2D eigenvalue weighted by atomic mass is 16.5. The molecular formula is C33H37N3O4. The van der Waals surface area contributed by atoms with Crippen molar-refractivity contribution < 1.29 is 19.1 Å². The van der Waals surface area contributed by atoms with E-state index in [-0.39, 0.29) is 18.4 Å². The van der Waals surface area contributed by atoms with Gasteiger partial charge in [0.15, 0.2) is 0 Å². The molecule has 0 aromatic heterocycles. The Kier molecular flexibility index (Phi) is 8.19. The number of aryl methyl sites for hydroxylation is 2. The summed E-state index contributed by atoms with van der Waals surface area (Å²) >= 11 is 0. The minimum absolute atomic E-state index is 0.281. The molecule has 0 bridgehead atoms. The number of hydrogen-bond donors (Lipinski definition) is 1. The Morgan fingerprint density at radius 2 is 1.50 bits per heavy atom. The van der Waals surface area contributed by atoms with Gasteiger partial charge >= 0.3 is 6.03 Å². The highest BCUT2D eigenvalue weighted by Crippen LogP contribution is 2.43. The molecule has 5 rings (SSSR count). The molecule has 0 radical (unpaired) electrons. The molecule has 2 aliphatic rings. The first-order chi connectivity index (χ1) is 19.5. The van der Waals surface area contributed by atoms with Crippen LogP contribution in [0.4, 0.5) is 16.2 Å². The first-order valence-electron chi connectivity index (χ1n) is 14.3. The van der Waals surface area contributed by atoms with Crippen molar-refractivity contribution in [2.45, 2.75) is 70.9 Å². The molecule has 1 aliphatic carbocycles. The van der Waals surface area contributed by atoms with Gasteiger partial charge < -0.3 is 10.1 Å². The SMILES string of the molecule is CCc1cccc(CC)c1NC(=O)CN1C(=O)N(c2ccc(OCc3ccccc3)cc2)C2(CCCCC2)C1=O. The number of anilines is 2. The quantitative estimate of drug-likeness (QED) is 0.315. The molecule has 1 saturated carbocycles. The summed E-state index contributed by atoms with van der Waals surface area (Å²) < 4.78 is 5.93. The fraction of sp³-hybridized carbons (Fsp3) is 0.364. The molecule has 1 spiro atoms. The van der Waals surface area contributed by atoms with Crippen molar-refractivity contribution in [2.24, 2.45) is 0 Å². The van der Waals surface area contributed by atoms with Gasteiger partial charge in [0.05, 0.1) is 0 Å². The van der Waals surface area contributed by atoms with E-state index in [1.54, 1.807) is 4.90 Å². The highest BCUT2D eigenvalue weighted by Gasteiger charge is 2.58. The lowest BCUT2D eigenvalue weighted by atomic mass is 9.80. The third-order valence-electron chi connectivity index (χ3n) is 8.08. The van der Waals surface area contributed by atoms with Crippen LogP contribution < -0.4 is 15.0 Å². The van der Waals surface area contributed by atoms with Crippen LogP contribution in [0.1, 0.15) is 62.6 Å². The zero-order chi connectivity index (χ0) is 28.1. The number of nitrogens with one attached hydrogen (secondary N) is 1. The van der Waals surface area contributed by atoms with Gasteiger partial charge in [0.2, 0.25) is 5.91 Å². The van der Waals surface area contributed by atoms with Crippen LogP contribution in [0.2, 0.25) is 0 Å². The predicted molar refractivity (Wildman–Crippen MR) is 156 cm³/mol. The monoisotopic (exact) mass is 539 g/mol. The molecular weight excluding hydrogens is 502 g/mol. The Balaban J connectivity index is 1.36. The first-order valence-corrected chi connectivity index (χ1v) is 14.3. The van der Waals surface area contributed by atoms with Gasteiger partial charge in [-0.15, -0.1) is 0 Å². The van der Waals surface area contributed by atoms with E-state index in [1.807, 2.05) is 86.6 Å². The third-order valence-corrected chi connectivity index (χ3v) is 8.08. The summed E-state index contributed by atoms with van der Waals surface area (Å²) in [5.41, 5.74) is 3.59. The number of nitrogens with zero attached hydrogens (tertiary/aromatic N) is 2. The molecule has 40 heavy (non-hydrogen) atoms. The van der Waals surface area contributed by atoms with Gasteiger partial charge in [0, 0.05) is 11.4 Å². The van der Waals surface area contributed by atoms with E-state index in [4.69, 9.17) is 4.74 Å².